The van der Waals surface area contributed by atoms with E-state index in [0.29, 0.717) is 0 Å². The molecule has 3 N–H and O–H groups in total. The van der Waals surface area contributed by atoms with Crippen molar-refractivity contribution < 1.29 is 31.5 Å². The highest BCUT2D eigenvalue weighted by Crippen LogP contribution is 2.56. The lowest BCUT2D eigenvalue weighted by Crippen LogP contribution is -2.43. The van der Waals surface area contributed by atoms with Crippen LogP contribution >= 0.6 is 0 Å². The van der Waals surface area contributed by atoms with Crippen LogP contribution in [0.5, 0.6) is 0 Å². The lowest BCUT2D eigenvalue weighted by Gasteiger charge is -2.33. The van der Waals surface area contributed by atoms with Crippen LogP contribution in [0.1, 0.15) is 41.5 Å². The van der Waals surface area contributed by atoms with Gasteiger partial charge in [-0.25, -0.2) is 27.5 Å². The first kappa shape index (κ1) is 19.2. The first-order chi connectivity index (χ1) is 13.7. The van der Waals surface area contributed by atoms with Crippen LogP contribution in [0, 0.1) is 11.7 Å². The van der Waals surface area contributed by atoms with Gasteiger partial charge in [0, 0.05) is 17.2 Å². The van der Waals surface area contributed by atoms with Crippen LogP contribution in [0.25, 0.3) is 0 Å². The van der Waals surface area contributed by atoms with E-state index in [1.54, 1.807) is 0 Å². The Balaban J connectivity index is 1.67. The summed E-state index contributed by atoms with van der Waals surface area (Å²) in [5.41, 5.74) is 2.74. The van der Waals surface area contributed by atoms with Crippen molar-refractivity contribution in [3.8, 4) is 0 Å². The Bertz CT molecular complexity index is 993. The van der Waals surface area contributed by atoms with E-state index in [0.717, 1.165) is 18.4 Å². The number of hydrogen-bond donors (Lipinski definition) is 2. The number of aromatic nitrogens is 1. The van der Waals surface area contributed by atoms with Gasteiger partial charge in [0.15, 0.2) is 17.4 Å². The highest BCUT2D eigenvalue weighted by molar-refractivity contribution is 6.02. The Morgan fingerprint density at radius 1 is 1.38 bits per heavy atom. The van der Waals surface area contributed by atoms with E-state index in [9.17, 15) is 22.4 Å². The molecule has 1 aliphatic carbocycles. The van der Waals surface area contributed by atoms with Crippen LogP contribution in [0.3, 0.4) is 0 Å². The summed E-state index contributed by atoms with van der Waals surface area (Å²) in [5.74, 6) is -2.70. The summed E-state index contributed by atoms with van der Waals surface area (Å²) >= 11 is 0. The number of carbonyl (C=O) groups is 1. The Morgan fingerprint density at radius 2 is 2.14 bits per heavy atom. The number of carbonyl (C=O) groups excluding carboxylic acids is 1. The standard InChI is InChI=1S/C18H16F4N4O3/c1-7(19)15-25-12(6-28-15)14(27)24-8-2-3-11(20)9(4-8)18(16(21)22)10-5-13(10)29-17(23)26-18/h2-4,6-7,10,13,16H,5H2,1H3,(H2,23,26)(H,24,27)/t7?,10-,13+,18+/m0/s1. The van der Waals surface area contributed by atoms with E-state index >= 15 is 0 Å². The summed E-state index contributed by atoms with van der Waals surface area (Å²) < 4.78 is 66.0. The molecule has 2 aromatic rings. The topological polar surface area (TPSA) is 103 Å². The van der Waals surface area contributed by atoms with Gasteiger partial charge in [-0.15, -0.1) is 0 Å². The minimum absolute atomic E-state index is 0.0294. The number of amidine groups is 1. The number of rotatable bonds is 5. The van der Waals surface area contributed by atoms with Gasteiger partial charge in [-0.1, -0.05) is 0 Å². The first-order valence-corrected chi connectivity index (χ1v) is 8.73. The van der Waals surface area contributed by atoms with Crippen molar-refractivity contribution in [2.45, 2.75) is 37.6 Å². The number of hydrogen-bond acceptors (Lipinski definition) is 6. The molecule has 0 bridgehead atoms. The lowest BCUT2D eigenvalue weighted by molar-refractivity contribution is 0.0177. The van der Waals surface area contributed by atoms with Crippen molar-refractivity contribution in [1.29, 1.82) is 0 Å². The second-order valence-electron chi connectivity index (χ2n) is 6.91. The van der Waals surface area contributed by atoms with Gasteiger partial charge in [0.25, 0.3) is 18.4 Å². The first-order valence-electron chi connectivity index (χ1n) is 8.73. The summed E-state index contributed by atoms with van der Waals surface area (Å²) in [7, 11) is 0. The smallest absolute Gasteiger partial charge is 0.283 e. The van der Waals surface area contributed by atoms with Crippen molar-refractivity contribution in [2.24, 2.45) is 16.6 Å². The Morgan fingerprint density at radius 3 is 2.79 bits per heavy atom. The predicted molar refractivity (Wildman–Crippen MR) is 92.7 cm³/mol. The molecule has 1 saturated carbocycles. The van der Waals surface area contributed by atoms with Crippen molar-refractivity contribution >= 4 is 17.6 Å². The fourth-order valence-corrected chi connectivity index (χ4v) is 3.48. The van der Waals surface area contributed by atoms with Crippen molar-refractivity contribution in [3.63, 3.8) is 0 Å². The maximum absolute atomic E-state index is 14.6. The van der Waals surface area contributed by atoms with Gasteiger partial charge < -0.3 is 20.2 Å². The Labute approximate surface area is 161 Å². The number of aliphatic imine (C=N–C) groups is 1. The van der Waals surface area contributed by atoms with Crippen LogP contribution < -0.4 is 11.1 Å². The van der Waals surface area contributed by atoms with Crippen LogP contribution in [-0.4, -0.2) is 29.4 Å². The lowest BCUT2D eigenvalue weighted by atomic mass is 9.84. The third kappa shape index (κ3) is 3.19. The molecule has 2 heterocycles. The minimum atomic E-state index is -3.05. The number of oxazole rings is 1. The van der Waals surface area contributed by atoms with Gasteiger partial charge in [-0.2, -0.15) is 0 Å². The molecule has 1 unspecified atom stereocenters. The van der Waals surface area contributed by atoms with Crippen LogP contribution in [0.2, 0.25) is 0 Å². The average molecular weight is 412 g/mol. The molecule has 1 aromatic heterocycles. The van der Waals surface area contributed by atoms with Gasteiger partial charge in [0.2, 0.25) is 5.89 Å². The molecule has 11 heteroatoms. The quantitative estimate of drug-likeness (QED) is 0.734. The Hall–Kier alpha value is -3.11. The fraction of sp³-hybridized carbons (Fsp3) is 0.389. The molecule has 1 aromatic carbocycles. The van der Waals surface area contributed by atoms with E-state index in [1.165, 1.54) is 13.0 Å². The monoisotopic (exact) mass is 412 g/mol. The van der Waals surface area contributed by atoms with Crippen LogP contribution in [-0.2, 0) is 10.3 Å². The fourth-order valence-electron chi connectivity index (χ4n) is 3.48. The minimum Gasteiger partial charge on any atom is -0.462 e. The molecule has 7 nitrogen and oxygen atoms in total. The van der Waals surface area contributed by atoms with Crippen molar-refractivity contribution in [3.05, 3.63) is 47.4 Å². The molecule has 4 atom stereocenters. The highest BCUT2D eigenvalue weighted by Gasteiger charge is 2.64. The zero-order valence-electron chi connectivity index (χ0n) is 15.0. The molecule has 0 spiro atoms. The summed E-state index contributed by atoms with van der Waals surface area (Å²) in [6.07, 6.45) is -3.90. The normalized spacial score (nSPS) is 26.3. The second kappa shape index (κ2) is 6.75. The maximum Gasteiger partial charge on any atom is 0.283 e. The summed E-state index contributed by atoms with van der Waals surface area (Å²) in [5, 5.41) is 2.41. The number of fused-ring (bicyclic) bond motifs is 1. The third-order valence-corrected chi connectivity index (χ3v) is 4.95. The van der Waals surface area contributed by atoms with Gasteiger partial charge in [0.1, 0.15) is 18.2 Å². The number of halogens is 4. The van der Waals surface area contributed by atoms with E-state index < -0.39 is 53.5 Å². The molecule has 4 rings (SSSR count). The van der Waals surface area contributed by atoms with E-state index in [2.05, 4.69) is 15.3 Å². The van der Waals surface area contributed by atoms with E-state index in [1.807, 2.05) is 0 Å². The molecule has 0 radical (unpaired) electrons. The number of anilines is 1. The van der Waals surface area contributed by atoms with E-state index in [4.69, 9.17) is 14.9 Å². The molecule has 0 saturated heterocycles. The molecule has 29 heavy (non-hydrogen) atoms. The summed E-state index contributed by atoms with van der Waals surface area (Å²) in [4.78, 5) is 19.8. The summed E-state index contributed by atoms with van der Waals surface area (Å²) in [6, 6.07) is 2.79. The number of nitrogens with zero attached hydrogens (tertiary/aromatic N) is 2. The van der Waals surface area contributed by atoms with Gasteiger partial charge in [-0.3, -0.25) is 4.79 Å². The van der Waals surface area contributed by atoms with Gasteiger partial charge in [-0.05, 0) is 31.5 Å². The van der Waals surface area contributed by atoms with Crippen LogP contribution in [0.4, 0.5) is 23.2 Å². The number of nitrogens with one attached hydrogen (secondary N) is 1. The van der Waals surface area contributed by atoms with Crippen molar-refractivity contribution in [2.75, 3.05) is 5.32 Å². The molecule has 1 amide bonds. The predicted octanol–water partition coefficient (Wildman–Crippen LogP) is 3.29. The summed E-state index contributed by atoms with van der Waals surface area (Å²) in [6.45, 7) is 1.19. The second-order valence-corrected chi connectivity index (χ2v) is 6.91. The molecule has 1 aliphatic heterocycles. The zero-order chi connectivity index (χ0) is 20.9. The van der Waals surface area contributed by atoms with Crippen molar-refractivity contribution in [1.82, 2.24) is 4.98 Å². The third-order valence-electron chi connectivity index (χ3n) is 4.95. The molecule has 154 valence electrons. The number of amides is 1. The van der Waals surface area contributed by atoms with E-state index in [-0.39, 0.29) is 23.7 Å². The van der Waals surface area contributed by atoms with Crippen LogP contribution in [0.15, 0.2) is 33.9 Å². The largest absolute Gasteiger partial charge is 0.462 e. The number of ether oxygens (including phenoxy) is 1. The highest BCUT2D eigenvalue weighted by atomic mass is 19.3. The number of nitrogens with two attached hydrogens (primary N) is 1. The molecule has 2 aliphatic rings. The SMILES string of the molecule is CC(F)c1nc(C(=O)Nc2ccc(F)c([C@@]3(C(F)F)N=C(N)O[C@@H]4C[C@@H]43)c2)co1. The maximum atomic E-state index is 14.6. The molecule has 1 fully saturated rings. The van der Waals surface area contributed by atoms with Gasteiger partial charge in [0.05, 0.1) is 0 Å². The Kier molecular flexibility index (Phi) is 4.47. The average Bonchev–Trinajstić information content (AvgIpc) is 3.25. The van der Waals surface area contributed by atoms with Gasteiger partial charge >= 0.3 is 0 Å². The zero-order valence-corrected chi connectivity index (χ0v) is 15.0. The number of benzene rings is 1. The molecular weight excluding hydrogens is 396 g/mol. The number of alkyl halides is 3. The molecular formula is C18H16F4N4O3.